The number of hydrogen-bond acceptors (Lipinski definition) is 1. The van der Waals surface area contributed by atoms with Crippen LogP contribution in [0.25, 0.3) is 6.08 Å². The average Bonchev–Trinajstić information content (AvgIpc) is 2.34. The van der Waals surface area contributed by atoms with Gasteiger partial charge in [0.1, 0.15) is 0 Å². The van der Waals surface area contributed by atoms with E-state index in [0.717, 1.165) is 12.2 Å². The molecule has 0 fully saturated rings. The Morgan fingerprint density at radius 2 is 2.06 bits per heavy atom. The molecule has 0 unspecified atom stereocenters. The molecular weight excluding hydrogens is 212 g/mol. The lowest BCUT2D eigenvalue weighted by Gasteiger charge is -1.97. The van der Waals surface area contributed by atoms with Gasteiger partial charge in [0.2, 0.25) is 0 Å². The van der Waals surface area contributed by atoms with Crippen molar-refractivity contribution in [2.24, 2.45) is 0 Å². The highest BCUT2D eigenvalue weighted by atomic mass is 32.2. The van der Waals surface area contributed by atoms with Gasteiger partial charge >= 0.3 is 0 Å². The van der Waals surface area contributed by atoms with Gasteiger partial charge in [-0.1, -0.05) is 55.5 Å². The van der Waals surface area contributed by atoms with E-state index in [-0.39, 0.29) is 0 Å². The van der Waals surface area contributed by atoms with Crippen molar-refractivity contribution in [3.05, 3.63) is 65.6 Å². The van der Waals surface area contributed by atoms with Gasteiger partial charge in [-0.05, 0) is 28.7 Å². The Kier molecular flexibility index (Phi) is 6.43. The number of thioether (sulfide) groups is 1. The number of benzene rings is 1. The Morgan fingerprint density at radius 3 is 2.69 bits per heavy atom. The molecule has 0 aliphatic heterocycles. The van der Waals surface area contributed by atoms with Crippen LogP contribution >= 0.6 is 11.8 Å². The molecule has 0 amide bonds. The van der Waals surface area contributed by atoms with E-state index in [1.54, 1.807) is 0 Å². The van der Waals surface area contributed by atoms with Crippen molar-refractivity contribution in [1.82, 2.24) is 0 Å². The van der Waals surface area contributed by atoms with Crippen LogP contribution in [0.2, 0.25) is 0 Å². The second-order valence-electron chi connectivity index (χ2n) is 3.38. The molecule has 0 radical (unpaired) electrons. The van der Waals surface area contributed by atoms with E-state index in [4.69, 9.17) is 0 Å². The van der Waals surface area contributed by atoms with Crippen molar-refractivity contribution < 1.29 is 0 Å². The minimum absolute atomic E-state index is 0.927. The van der Waals surface area contributed by atoms with Crippen molar-refractivity contribution in [2.75, 3.05) is 5.75 Å². The molecule has 0 atom stereocenters. The van der Waals surface area contributed by atoms with Crippen molar-refractivity contribution in [2.45, 2.75) is 13.3 Å². The van der Waals surface area contributed by atoms with E-state index >= 15 is 0 Å². The largest absolute Gasteiger partial charge is 0.134 e. The van der Waals surface area contributed by atoms with Crippen LogP contribution in [-0.4, -0.2) is 5.75 Å². The zero-order chi connectivity index (χ0) is 11.6. The second kappa shape index (κ2) is 8.00. The smallest absolute Gasteiger partial charge is 0.00543 e. The summed E-state index contributed by atoms with van der Waals surface area (Å²) in [5.41, 5.74) is 2.55. The summed E-state index contributed by atoms with van der Waals surface area (Å²) < 4.78 is 0. The molecule has 0 N–H and O–H groups in total. The summed E-state index contributed by atoms with van der Waals surface area (Å²) in [7, 11) is 0. The zero-order valence-corrected chi connectivity index (χ0v) is 10.5. The minimum Gasteiger partial charge on any atom is -0.134 e. The number of hydrogen-bond donors (Lipinski definition) is 0. The van der Waals surface area contributed by atoms with Gasteiger partial charge < -0.3 is 0 Å². The molecule has 0 saturated carbocycles. The summed E-state index contributed by atoms with van der Waals surface area (Å²) >= 11 is 1.83. The molecule has 1 aromatic carbocycles. The monoisotopic (exact) mass is 230 g/mol. The quantitative estimate of drug-likeness (QED) is 0.494. The first-order valence-corrected chi connectivity index (χ1v) is 6.56. The van der Waals surface area contributed by atoms with E-state index in [1.165, 1.54) is 11.1 Å². The molecule has 0 saturated heterocycles. The minimum atomic E-state index is 0.927. The Labute approximate surface area is 103 Å². The van der Waals surface area contributed by atoms with Gasteiger partial charge in [0.25, 0.3) is 0 Å². The molecule has 0 aliphatic rings. The van der Waals surface area contributed by atoms with E-state index in [2.05, 4.69) is 55.3 Å². The molecule has 0 nitrogen and oxygen atoms in total. The molecule has 1 rings (SSSR count). The summed E-state index contributed by atoms with van der Waals surface area (Å²) in [6.45, 7) is 5.94. The fourth-order valence-corrected chi connectivity index (χ4v) is 1.84. The van der Waals surface area contributed by atoms with Gasteiger partial charge in [-0.15, -0.1) is 18.3 Å². The molecule has 0 aromatic heterocycles. The lowest BCUT2D eigenvalue weighted by molar-refractivity contribution is 1.31. The Bertz CT molecular complexity index is 360. The maximum Gasteiger partial charge on any atom is -0.00543 e. The van der Waals surface area contributed by atoms with Crippen molar-refractivity contribution in [1.29, 1.82) is 0 Å². The highest BCUT2D eigenvalue weighted by Gasteiger charge is 1.89. The summed E-state index contributed by atoms with van der Waals surface area (Å²) in [6, 6.07) is 10.4. The fraction of sp³-hybridized carbons (Fsp3) is 0.200. The first-order chi connectivity index (χ1) is 7.86. The highest BCUT2D eigenvalue weighted by Crippen LogP contribution is 2.14. The molecule has 0 bridgehead atoms. The predicted octanol–water partition coefficient (Wildman–Crippen LogP) is 4.91. The molecular formula is C15H18S. The molecule has 0 spiro atoms. The van der Waals surface area contributed by atoms with Gasteiger partial charge in [0.15, 0.2) is 0 Å². The second-order valence-corrected chi connectivity index (χ2v) is 4.53. The van der Waals surface area contributed by atoms with Crippen molar-refractivity contribution in [3.8, 4) is 0 Å². The fourth-order valence-electron chi connectivity index (χ4n) is 1.28. The topological polar surface area (TPSA) is 0 Å². The standard InChI is InChI=1S/C15H18S/c1-3-8-15(13-16-4-2)12-11-14-9-6-5-7-10-14/h3,5-7,9-13H,1,4,8H2,2H3/b12-11+,15-13-. The van der Waals surface area contributed by atoms with Crippen LogP contribution in [0.5, 0.6) is 0 Å². The van der Waals surface area contributed by atoms with E-state index in [0.29, 0.717) is 0 Å². The van der Waals surface area contributed by atoms with Crippen LogP contribution in [0.4, 0.5) is 0 Å². The van der Waals surface area contributed by atoms with Gasteiger partial charge in [-0.2, -0.15) is 0 Å². The highest BCUT2D eigenvalue weighted by molar-refractivity contribution is 8.02. The number of allylic oxidation sites excluding steroid dienone is 3. The maximum atomic E-state index is 3.78. The molecule has 1 heteroatoms. The Hall–Kier alpha value is -1.21. The van der Waals surface area contributed by atoms with Crippen LogP contribution in [-0.2, 0) is 0 Å². The third-order valence-corrected chi connectivity index (χ3v) is 2.87. The lowest BCUT2D eigenvalue weighted by atomic mass is 10.1. The SMILES string of the molecule is C=CCC(=C/SCC)/C=C/c1ccccc1. The van der Waals surface area contributed by atoms with Crippen molar-refractivity contribution in [3.63, 3.8) is 0 Å². The van der Waals surface area contributed by atoms with Crippen molar-refractivity contribution >= 4 is 17.8 Å². The summed E-state index contributed by atoms with van der Waals surface area (Å²) in [5, 5.41) is 2.21. The number of rotatable bonds is 6. The first kappa shape index (κ1) is 12.9. The lowest BCUT2D eigenvalue weighted by Crippen LogP contribution is -1.76. The Morgan fingerprint density at radius 1 is 1.31 bits per heavy atom. The molecule has 84 valence electrons. The normalized spacial score (nSPS) is 11.9. The van der Waals surface area contributed by atoms with Crippen LogP contribution in [0.3, 0.4) is 0 Å². The van der Waals surface area contributed by atoms with E-state index in [9.17, 15) is 0 Å². The average molecular weight is 230 g/mol. The van der Waals surface area contributed by atoms with Crippen LogP contribution in [0.1, 0.15) is 18.9 Å². The van der Waals surface area contributed by atoms with Gasteiger partial charge in [0, 0.05) is 0 Å². The third kappa shape index (κ3) is 5.04. The van der Waals surface area contributed by atoms with E-state index < -0.39 is 0 Å². The van der Waals surface area contributed by atoms with Gasteiger partial charge in [0.05, 0.1) is 0 Å². The van der Waals surface area contributed by atoms with Crippen LogP contribution < -0.4 is 0 Å². The maximum absolute atomic E-state index is 3.78. The van der Waals surface area contributed by atoms with E-state index in [1.807, 2.05) is 23.9 Å². The molecule has 16 heavy (non-hydrogen) atoms. The Balaban J connectivity index is 2.67. The molecule has 0 aliphatic carbocycles. The summed E-state index contributed by atoms with van der Waals surface area (Å²) in [4.78, 5) is 0. The van der Waals surface area contributed by atoms with Crippen LogP contribution in [0.15, 0.2) is 60.0 Å². The summed E-state index contributed by atoms with van der Waals surface area (Å²) in [6.07, 6.45) is 7.18. The molecule has 1 aromatic rings. The first-order valence-electron chi connectivity index (χ1n) is 5.51. The third-order valence-electron chi connectivity index (χ3n) is 2.07. The predicted molar refractivity (Wildman–Crippen MR) is 76.5 cm³/mol. The van der Waals surface area contributed by atoms with Gasteiger partial charge in [-0.25, -0.2) is 0 Å². The van der Waals surface area contributed by atoms with Gasteiger partial charge in [-0.3, -0.25) is 0 Å². The molecule has 0 heterocycles. The van der Waals surface area contributed by atoms with Crippen LogP contribution in [0, 0.1) is 0 Å². The zero-order valence-electron chi connectivity index (χ0n) is 9.73. The summed E-state index contributed by atoms with van der Waals surface area (Å²) in [5.74, 6) is 1.11.